The SMILES string of the molecule is C#CCCCCC(CCSCc1ccccc1)SCc1ccccc1. The Kier molecular flexibility index (Phi) is 10.4. The van der Waals surface area contributed by atoms with Gasteiger partial charge in [-0.1, -0.05) is 67.1 Å². The summed E-state index contributed by atoms with van der Waals surface area (Å²) in [6.45, 7) is 0. The van der Waals surface area contributed by atoms with Gasteiger partial charge in [-0.3, -0.25) is 0 Å². The van der Waals surface area contributed by atoms with Crippen molar-refractivity contribution in [2.45, 2.75) is 48.9 Å². The summed E-state index contributed by atoms with van der Waals surface area (Å²) >= 11 is 4.17. The van der Waals surface area contributed by atoms with Crippen molar-refractivity contribution in [1.82, 2.24) is 0 Å². The van der Waals surface area contributed by atoms with E-state index >= 15 is 0 Å². The second-order valence-corrected chi connectivity index (χ2v) is 8.59. The van der Waals surface area contributed by atoms with Crippen LogP contribution in [0.4, 0.5) is 0 Å². The van der Waals surface area contributed by atoms with Crippen molar-refractivity contribution in [3.05, 3.63) is 71.8 Å². The predicted octanol–water partition coefficient (Wildman–Crippen LogP) is 6.81. The Morgan fingerprint density at radius 2 is 1.44 bits per heavy atom. The largest absolute Gasteiger partial charge is 0.157 e. The van der Waals surface area contributed by atoms with Crippen molar-refractivity contribution < 1.29 is 0 Å². The Hall–Kier alpha value is -1.30. The van der Waals surface area contributed by atoms with Gasteiger partial charge in [-0.2, -0.15) is 23.5 Å². The second-order valence-electron chi connectivity index (χ2n) is 6.20. The van der Waals surface area contributed by atoms with Crippen LogP contribution in [0.25, 0.3) is 0 Å². The van der Waals surface area contributed by atoms with E-state index in [1.807, 2.05) is 0 Å². The highest BCUT2D eigenvalue weighted by molar-refractivity contribution is 7.99. The molecule has 0 nitrogen and oxygen atoms in total. The van der Waals surface area contributed by atoms with Crippen molar-refractivity contribution >= 4 is 23.5 Å². The van der Waals surface area contributed by atoms with Gasteiger partial charge in [0, 0.05) is 23.2 Å². The van der Waals surface area contributed by atoms with Crippen LogP contribution in [0.15, 0.2) is 60.7 Å². The van der Waals surface area contributed by atoms with E-state index < -0.39 is 0 Å². The highest BCUT2D eigenvalue weighted by Gasteiger charge is 2.10. The van der Waals surface area contributed by atoms with Gasteiger partial charge in [0.05, 0.1) is 0 Å². The number of thioether (sulfide) groups is 2. The molecule has 0 spiro atoms. The van der Waals surface area contributed by atoms with E-state index in [1.165, 1.54) is 36.1 Å². The van der Waals surface area contributed by atoms with Crippen LogP contribution in [0, 0.1) is 12.3 Å². The lowest BCUT2D eigenvalue weighted by Gasteiger charge is -2.16. The summed E-state index contributed by atoms with van der Waals surface area (Å²) in [6, 6.07) is 21.6. The molecule has 0 aliphatic heterocycles. The molecule has 0 heterocycles. The lowest BCUT2D eigenvalue weighted by molar-refractivity contribution is 0.656. The summed E-state index contributed by atoms with van der Waals surface area (Å²) in [5, 5.41) is 0.737. The molecule has 0 aliphatic rings. The van der Waals surface area contributed by atoms with Gasteiger partial charge < -0.3 is 0 Å². The second kappa shape index (κ2) is 13.0. The maximum Gasteiger partial charge on any atom is 0.0187 e. The topological polar surface area (TPSA) is 0 Å². The number of hydrogen-bond donors (Lipinski definition) is 0. The van der Waals surface area contributed by atoms with Gasteiger partial charge in [0.1, 0.15) is 0 Å². The van der Waals surface area contributed by atoms with Crippen molar-refractivity contribution in [3.8, 4) is 12.3 Å². The highest BCUT2D eigenvalue weighted by atomic mass is 32.2. The number of hydrogen-bond acceptors (Lipinski definition) is 2. The molecular weight excluding hydrogens is 340 g/mol. The van der Waals surface area contributed by atoms with Gasteiger partial charge in [-0.25, -0.2) is 0 Å². The van der Waals surface area contributed by atoms with Gasteiger partial charge in [-0.05, 0) is 36.1 Å². The molecule has 132 valence electrons. The van der Waals surface area contributed by atoms with E-state index in [-0.39, 0.29) is 0 Å². The molecule has 0 radical (unpaired) electrons. The molecule has 0 N–H and O–H groups in total. The monoisotopic (exact) mass is 368 g/mol. The molecule has 0 saturated carbocycles. The molecule has 2 aromatic carbocycles. The third-order valence-electron chi connectivity index (χ3n) is 4.12. The van der Waals surface area contributed by atoms with E-state index in [0.29, 0.717) is 0 Å². The smallest absolute Gasteiger partial charge is 0.0187 e. The van der Waals surface area contributed by atoms with Crippen molar-refractivity contribution in [2.75, 3.05) is 5.75 Å². The van der Waals surface area contributed by atoms with Gasteiger partial charge in [-0.15, -0.1) is 12.3 Å². The summed E-state index contributed by atoms with van der Waals surface area (Å²) in [4.78, 5) is 0. The quantitative estimate of drug-likeness (QED) is 0.298. The minimum atomic E-state index is 0.737. The molecule has 2 aromatic rings. The van der Waals surface area contributed by atoms with Gasteiger partial charge >= 0.3 is 0 Å². The highest BCUT2D eigenvalue weighted by Crippen LogP contribution is 2.27. The molecule has 2 rings (SSSR count). The van der Waals surface area contributed by atoms with E-state index in [0.717, 1.165) is 29.6 Å². The maximum atomic E-state index is 5.38. The third kappa shape index (κ3) is 9.10. The Labute approximate surface area is 162 Å². The first-order valence-electron chi connectivity index (χ1n) is 9.09. The number of rotatable bonds is 12. The predicted molar refractivity (Wildman–Crippen MR) is 116 cm³/mol. The van der Waals surface area contributed by atoms with Gasteiger partial charge in [0.25, 0.3) is 0 Å². The molecule has 0 aliphatic carbocycles. The number of unbranched alkanes of at least 4 members (excludes halogenated alkanes) is 2. The van der Waals surface area contributed by atoms with E-state index in [9.17, 15) is 0 Å². The summed E-state index contributed by atoms with van der Waals surface area (Å²) in [5.41, 5.74) is 2.85. The zero-order chi connectivity index (χ0) is 17.6. The maximum absolute atomic E-state index is 5.38. The fourth-order valence-electron chi connectivity index (χ4n) is 2.68. The van der Waals surface area contributed by atoms with Crippen LogP contribution in [0.1, 0.15) is 43.2 Å². The first-order valence-corrected chi connectivity index (χ1v) is 11.3. The van der Waals surface area contributed by atoms with Gasteiger partial charge in [0.15, 0.2) is 0 Å². The molecule has 25 heavy (non-hydrogen) atoms. The normalized spacial score (nSPS) is 11.8. The van der Waals surface area contributed by atoms with Crippen molar-refractivity contribution in [3.63, 3.8) is 0 Å². The van der Waals surface area contributed by atoms with Crippen molar-refractivity contribution in [2.24, 2.45) is 0 Å². The summed E-state index contributed by atoms with van der Waals surface area (Å²) < 4.78 is 0. The Balaban J connectivity index is 1.71. The molecule has 1 unspecified atom stereocenters. The molecule has 0 aromatic heterocycles. The molecule has 0 amide bonds. The zero-order valence-electron chi connectivity index (χ0n) is 14.9. The summed E-state index contributed by atoms with van der Waals surface area (Å²) in [7, 11) is 0. The fraction of sp³-hybridized carbons (Fsp3) is 0.391. The number of benzene rings is 2. The molecule has 1 atom stereocenters. The van der Waals surface area contributed by atoms with Crippen LogP contribution in [0.5, 0.6) is 0 Å². The molecule has 0 fully saturated rings. The summed E-state index contributed by atoms with van der Waals surface area (Å²) in [6.07, 6.45) is 11.3. The first kappa shape index (κ1) is 20.0. The van der Waals surface area contributed by atoms with Crippen LogP contribution < -0.4 is 0 Å². The minimum absolute atomic E-state index is 0.737. The number of terminal acetylenes is 1. The lowest BCUT2D eigenvalue weighted by Crippen LogP contribution is -2.05. The fourth-order valence-corrected chi connectivity index (χ4v) is 5.09. The Morgan fingerprint density at radius 3 is 2.08 bits per heavy atom. The molecular formula is C23H28S2. The molecule has 2 heteroatoms. The van der Waals surface area contributed by atoms with E-state index in [1.54, 1.807) is 0 Å². The Bertz CT molecular complexity index is 601. The van der Waals surface area contributed by atoms with E-state index in [4.69, 9.17) is 6.42 Å². The van der Waals surface area contributed by atoms with Gasteiger partial charge in [0.2, 0.25) is 0 Å². The van der Waals surface area contributed by atoms with Crippen LogP contribution in [0.3, 0.4) is 0 Å². The molecule has 0 bridgehead atoms. The third-order valence-corrected chi connectivity index (χ3v) is 6.63. The lowest BCUT2D eigenvalue weighted by atomic mass is 10.1. The molecule has 0 saturated heterocycles. The summed E-state index contributed by atoms with van der Waals surface area (Å²) in [5.74, 6) is 6.23. The van der Waals surface area contributed by atoms with Crippen LogP contribution in [-0.4, -0.2) is 11.0 Å². The first-order chi connectivity index (χ1) is 12.4. The Morgan fingerprint density at radius 1 is 0.800 bits per heavy atom. The van der Waals surface area contributed by atoms with Crippen LogP contribution >= 0.6 is 23.5 Å². The minimum Gasteiger partial charge on any atom is -0.157 e. The van der Waals surface area contributed by atoms with E-state index in [2.05, 4.69) is 90.1 Å². The van der Waals surface area contributed by atoms with Crippen LogP contribution in [0.2, 0.25) is 0 Å². The zero-order valence-corrected chi connectivity index (χ0v) is 16.5. The standard InChI is InChI=1S/C23H28S2/c1-2-3-4-11-16-23(25-20-22-14-9-6-10-15-22)17-18-24-19-21-12-7-5-8-13-21/h1,5-10,12-15,23H,3-4,11,16-20H2. The van der Waals surface area contributed by atoms with Crippen molar-refractivity contribution in [1.29, 1.82) is 0 Å². The average molecular weight is 369 g/mol. The van der Waals surface area contributed by atoms with Crippen LogP contribution in [-0.2, 0) is 11.5 Å². The average Bonchev–Trinajstić information content (AvgIpc) is 2.67.